The molecule has 0 N–H and O–H groups in total. The van der Waals surface area contributed by atoms with Crippen LogP contribution in [0.1, 0.15) is 13.8 Å². The van der Waals surface area contributed by atoms with Crippen LogP contribution >= 0.6 is 0 Å². The minimum atomic E-state index is 0.627. The highest BCUT2D eigenvalue weighted by Crippen LogP contribution is 1.87. The van der Waals surface area contributed by atoms with Crippen LogP contribution in [0.15, 0.2) is 0 Å². The van der Waals surface area contributed by atoms with Gasteiger partial charge in [0, 0.05) is 6.61 Å². The number of hydrogen-bond acceptors (Lipinski definition) is 1. The zero-order valence-electron chi connectivity index (χ0n) is 4.19. The van der Waals surface area contributed by atoms with E-state index < -0.39 is 0 Å². The van der Waals surface area contributed by atoms with Gasteiger partial charge in [0.25, 0.3) is 0 Å². The first-order valence-corrected chi connectivity index (χ1v) is 2.46. The smallest absolute Gasteiger partial charge is 0.246 e. The van der Waals surface area contributed by atoms with Crippen molar-refractivity contribution in [1.29, 1.82) is 0 Å². The first kappa shape index (κ1) is 6.18. The van der Waals surface area contributed by atoms with Crippen LogP contribution in [-0.2, 0) is 4.43 Å². The van der Waals surface area contributed by atoms with Crippen LogP contribution in [0, 0.1) is 5.92 Å². The molecule has 0 unspecified atom stereocenters. The highest BCUT2D eigenvalue weighted by atomic mass is 28.2. The maximum atomic E-state index is 4.61. The van der Waals surface area contributed by atoms with Gasteiger partial charge in [0.15, 0.2) is 0 Å². The molecule has 0 saturated heterocycles. The molecule has 3 radical (unpaired) electrons. The van der Waals surface area contributed by atoms with E-state index in [9.17, 15) is 0 Å². The van der Waals surface area contributed by atoms with Crippen molar-refractivity contribution in [3.05, 3.63) is 0 Å². The Morgan fingerprint density at radius 1 is 1.67 bits per heavy atom. The lowest BCUT2D eigenvalue weighted by Gasteiger charge is -1.97. The molecule has 0 aromatic heterocycles. The molecule has 0 aliphatic heterocycles. The summed E-state index contributed by atoms with van der Waals surface area (Å²) in [5, 5.41) is 0. The maximum absolute atomic E-state index is 4.61. The lowest BCUT2D eigenvalue weighted by molar-refractivity contribution is 0.295. The Morgan fingerprint density at radius 3 is 2.17 bits per heavy atom. The van der Waals surface area contributed by atoms with Gasteiger partial charge in [-0.15, -0.1) is 0 Å². The van der Waals surface area contributed by atoms with E-state index in [4.69, 9.17) is 0 Å². The van der Waals surface area contributed by atoms with Gasteiger partial charge in [-0.25, -0.2) is 0 Å². The third-order valence-corrected chi connectivity index (χ3v) is 0.583. The highest BCUT2D eigenvalue weighted by molar-refractivity contribution is 5.97. The Hall–Kier alpha value is 0.177. The fourth-order valence-electron chi connectivity index (χ4n) is 0.167. The maximum Gasteiger partial charge on any atom is 0.246 e. The fourth-order valence-corrected chi connectivity index (χ4v) is 0.500. The Bertz CT molecular complexity index is 28.7. The Kier molecular flexibility index (Phi) is 3.47. The van der Waals surface area contributed by atoms with E-state index in [-0.39, 0.29) is 0 Å². The van der Waals surface area contributed by atoms with Crippen LogP contribution in [0.25, 0.3) is 0 Å². The average Bonchev–Trinajstić information content (AvgIpc) is 1.35. The lowest BCUT2D eigenvalue weighted by atomic mass is 10.2. The second kappa shape index (κ2) is 3.37. The van der Waals surface area contributed by atoms with E-state index in [1.807, 2.05) is 0 Å². The minimum Gasteiger partial charge on any atom is -0.418 e. The summed E-state index contributed by atoms with van der Waals surface area (Å²) in [7, 11) is 2.89. The first-order chi connectivity index (χ1) is 2.77. The lowest BCUT2D eigenvalue weighted by Crippen LogP contribution is -1.97. The van der Waals surface area contributed by atoms with Crippen molar-refractivity contribution in [3.63, 3.8) is 0 Å². The molecule has 0 aliphatic rings. The van der Waals surface area contributed by atoms with Crippen LogP contribution in [0.5, 0.6) is 0 Å². The van der Waals surface area contributed by atoms with Gasteiger partial charge in [0.1, 0.15) is 0 Å². The van der Waals surface area contributed by atoms with E-state index in [2.05, 4.69) is 28.8 Å². The standard InChI is InChI=1S/C4H9OSi/c1-4(2)3-5-6/h4H,3H2,1-2H3. The molecule has 0 fully saturated rings. The van der Waals surface area contributed by atoms with Gasteiger partial charge < -0.3 is 4.43 Å². The van der Waals surface area contributed by atoms with Crippen LogP contribution in [0.3, 0.4) is 0 Å². The van der Waals surface area contributed by atoms with Gasteiger partial charge in [0.2, 0.25) is 10.5 Å². The molecule has 0 spiro atoms. The third kappa shape index (κ3) is 4.18. The molecule has 0 saturated carbocycles. The van der Waals surface area contributed by atoms with Crippen LogP contribution < -0.4 is 0 Å². The molecular formula is C4H9OSi. The Labute approximate surface area is 42.2 Å². The summed E-state index contributed by atoms with van der Waals surface area (Å²) < 4.78 is 4.61. The summed E-state index contributed by atoms with van der Waals surface area (Å²) in [5.74, 6) is 0.627. The molecule has 0 bridgehead atoms. The second-order valence-corrected chi connectivity index (χ2v) is 1.99. The Balaban J connectivity index is 2.63. The topological polar surface area (TPSA) is 9.23 Å². The normalized spacial score (nSPS) is 10.0. The van der Waals surface area contributed by atoms with Crippen LogP contribution in [0.2, 0.25) is 0 Å². The van der Waals surface area contributed by atoms with Gasteiger partial charge in [-0.2, -0.15) is 0 Å². The van der Waals surface area contributed by atoms with Crippen molar-refractivity contribution in [2.75, 3.05) is 6.61 Å². The van der Waals surface area contributed by atoms with Gasteiger partial charge in [0.05, 0.1) is 0 Å². The minimum absolute atomic E-state index is 0.627. The predicted molar refractivity (Wildman–Crippen MR) is 26.5 cm³/mol. The van der Waals surface area contributed by atoms with E-state index >= 15 is 0 Å². The molecule has 1 nitrogen and oxygen atoms in total. The summed E-state index contributed by atoms with van der Waals surface area (Å²) in [6.45, 7) is 4.98. The third-order valence-electron chi connectivity index (χ3n) is 0.417. The molecule has 0 aromatic rings. The van der Waals surface area contributed by atoms with Crippen molar-refractivity contribution in [1.82, 2.24) is 0 Å². The largest absolute Gasteiger partial charge is 0.418 e. The highest BCUT2D eigenvalue weighted by Gasteiger charge is 1.85. The van der Waals surface area contributed by atoms with Crippen molar-refractivity contribution in [3.8, 4) is 0 Å². The molecule has 0 heterocycles. The zero-order valence-corrected chi connectivity index (χ0v) is 5.19. The quantitative estimate of drug-likeness (QED) is 0.466. The fraction of sp³-hybridized carbons (Fsp3) is 1.00. The van der Waals surface area contributed by atoms with Gasteiger partial charge >= 0.3 is 0 Å². The molecule has 6 heavy (non-hydrogen) atoms. The van der Waals surface area contributed by atoms with Crippen LogP contribution in [-0.4, -0.2) is 17.1 Å². The predicted octanol–water partition coefficient (Wildman–Crippen LogP) is 0.742. The molecule has 0 rings (SSSR count). The van der Waals surface area contributed by atoms with Gasteiger partial charge in [-0.05, 0) is 5.92 Å². The zero-order chi connectivity index (χ0) is 4.99. The molecule has 0 aromatic carbocycles. The van der Waals surface area contributed by atoms with Crippen molar-refractivity contribution in [2.45, 2.75) is 13.8 Å². The molecule has 0 aliphatic carbocycles. The van der Waals surface area contributed by atoms with E-state index in [0.717, 1.165) is 6.61 Å². The van der Waals surface area contributed by atoms with Crippen molar-refractivity contribution < 1.29 is 4.43 Å². The van der Waals surface area contributed by atoms with Crippen molar-refractivity contribution >= 4 is 10.5 Å². The first-order valence-electron chi connectivity index (χ1n) is 2.06. The van der Waals surface area contributed by atoms with E-state index in [1.165, 1.54) is 0 Å². The summed E-state index contributed by atoms with van der Waals surface area (Å²) in [5.41, 5.74) is 0. The monoisotopic (exact) mass is 101 g/mol. The Morgan fingerprint density at radius 2 is 2.17 bits per heavy atom. The average molecular weight is 101 g/mol. The molecule has 0 atom stereocenters. The van der Waals surface area contributed by atoms with Crippen LogP contribution in [0.4, 0.5) is 0 Å². The van der Waals surface area contributed by atoms with E-state index in [0.29, 0.717) is 5.92 Å². The number of rotatable bonds is 2. The summed E-state index contributed by atoms with van der Waals surface area (Å²) in [4.78, 5) is 0. The van der Waals surface area contributed by atoms with Crippen molar-refractivity contribution in [2.24, 2.45) is 5.92 Å². The summed E-state index contributed by atoms with van der Waals surface area (Å²) >= 11 is 0. The molecule has 0 amide bonds. The summed E-state index contributed by atoms with van der Waals surface area (Å²) in [6.07, 6.45) is 0. The summed E-state index contributed by atoms with van der Waals surface area (Å²) in [6, 6.07) is 0. The van der Waals surface area contributed by atoms with Gasteiger partial charge in [-0.3, -0.25) is 0 Å². The molecule has 2 heteroatoms. The molecule has 35 valence electrons. The SMILES string of the molecule is CC(C)CO[Si]. The number of hydrogen-bond donors (Lipinski definition) is 0. The van der Waals surface area contributed by atoms with E-state index in [1.54, 1.807) is 0 Å². The van der Waals surface area contributed by atoms with Gasteiger partial charge in [-0.1, -0.05) is 13.8 Å². The molecular weight excluding hydrogens is 92.1 g/mol. The second-order valence-electron chi connectivity index (χ2n) is 1.70.